The van der Waals surface area contributed by atoms with Crippen molar-refractivity contribution in [3.63, 3.8) is 0 Å². The van der Waals surface area contributed by atoms with Crippen LogP contribution in [0.15, 0.2) is 33.3 Å². The summed E-state index contributed by atoms with van der Waals surface area (Å²) in [5.41, 5.74) is 5.75. The van der Waals surface area contributed by atoms with E-state index in [0.29, 0.717) is 5.82 Å². The minimum Gasteiger partial charge on any atom is -0.286 e. The predicted octanol–water partition coefficient (Wildman–Crippen LogP) is 2.76. The number of H-pyrrole nitrogens is 1. The van der Waals surface area contributed by atoms with E-state index < -0.39 is 0 Å². The monoisotopic (exact) mass is 301 g/mol. The van der Waals surface area contributed by atoms with Crippen LogP contribution >= 0.6 is 31.9 Å². The van der Waals surface area contributed by atoms with Crippen LogP contribution in [0.3, 0.4) is 0 Å². The van der Waals surface area contributed by atoms with E-state index in [9.17, 15) is 0 Å². The summed E-state index contributed by atoms with van der Waals surface area (Å²) >= 11 is 6.86. The Morgan fingerprint density at radius 3 is 2.38 bits per heavy atom. The molecule has 0 amide bonds. The lowest BCUT2D eigenvalue weighted by Crippen LogP contribution is -2.12. The summed E-state index contributed by atoms with van der Waals surface area (Å²) in [6.07, 6.45) is 0. The Morgan fingerprint density at radius 2 is 1.69 bits per heavy atom. The molecule has 4 heteroatoms. The number of fused-ring (bicyclic) bond motifs is 1. The summed E-state index contributed by atoms with van der Waals surface area (Å²) in [6.45, 7) is 0. The van der Waals surface area contributed by atoms with E-state index in [1.807, 2.05) is 24.3 Å². The van der Waals surface area contributed by atoms with Crippen molar-refractivity contribution in [1.82, 2.24) is 0 Å². The maximum Gasteiger partial charge on any atom is 0.286 e. The number of nitrogen functional groups attached to an aromatic ring is 1. The average molecular weight is 303 g/mol. The lowest BCUT2D eigenvalue weighted by atomic mass is 10.2. The van der Waals surface area contributed by atoms with Gasteiger partial charge in [-0.25, -0.2) is 4.98 Å². The third kappa shape index (κ3) is 1.44. The Kier molecular flexibility index (Phi) is 2.26. The SMILES string of the molecule is Nc1[nH+]c(Br)c2ccccc2c1Br. The van der Waals surface area contributed by atoms with E-state index in [4.69, 9.17) is 5.73 Å². The highest BCUT2D eigenvalue weighted by Crippen LogP contribution is 2.29. The van der Waals surface area contributed by atoms with Crippen molar-refractivity contribution in [2.75, 3.05) is 5.73 Å². The van der Waals surface area contributed by atoms with Gasteiger partial charge in [0, 0.05) is 10.8 Å². The largest absolute Gasteiger partial charge is 0.286 e. The van der Waals surface area contributed by atoms with Crippen molar-refractivity contribution in [1.29, 1.82) is 0 Å². The van der Waals surface area contributed by atoms with Crippen molar-refractivity contribution in [3.8, 4) is 0 Å². The second kappa shape index (κ2) is 3.27. The van der Waals surface area contributed by atoms with Crippen molar-refractivity contribution in [3.05, 3.63) is 33.3 Å². The van der Waals surface area contributed by atoms with Gasteiger partial charge in [0.25, 0.3) is 5.82 Å². The van der Waals surface area contributed by atoms with Gasteiger partial charge in [-0.1, -0.05) is 18.2 Å². The van der Waals surface area contributed by atoms with Crippen LogP contribution in [0.25, 0.3) is 10.8 Å². The predicted molar refractivity (Wildman–Crippen MR) is 60.3 cm³/mol. The van der Waals surface area contributed by atoms with E-state index in [1.165, 1.54) is 0 Å². The van der Waals surface area contributed by atoms with Gasteiger partial charge in [0.2, 0.25) is 0 Å². The van der Waals surface area contributed by atoms with E-state index in [0.717, 1.165) is 19.8 Å². The van der Waals surface area contributed by atoms with E-state index in [-0.39, 0.29) is 0 Å². The van der Waals surface area contributed by atoms with Crippen LogP contribution in [0.5, 0.6) is 0 Å². The van der Waals surface area contributed by atoms with Crippen molar-refractivity contribution >= 4 is 48.5 Å². The van der Waals surface area contributed by atoms with Gasteiger partial charge in [0.15, 0.2) is 4.60 Å². The molecule has 0 radical (unpaired) electrons. The third-order valence-corrected chi connectivity index (χ3v) is 3.36. The molecule has 0 atom stereocenters. The van der Waals surface area contributed by atoms with E-state index in [1.54, 1.807) is 0 Å². The van der Waals surface area contributed by atoms with Crippen molar-refractivity contribution in [2.24, 2.45) is 0 Å². The molecule has 2 nitrogen and oxygen atoms in total. The fourth-order valence-electron chi connectivity index (χ4n) is 1.25. The molecule has 2 aromatic rings. The van der Waals surface area contributed by atoms with Crippen molar-refractivity contribution < 1.29 is 4.98 Å². The first-order valence-electron chi connectivity index (χ1n) is 3.74. The molecule has 13 heavy (non-hydrogen) atoms. The third-order valence-electron chi connectivity index (χ3n) is 1.88. The molecule has 0 bridgehead atoms. The summed E-state index contributed by atoms with van der Waals surface area (Å²) < 4.78 is 1.81. The first kappa shape index (κ1) is 8.97. The zero-order chi connectivity index (χ0) is 9.42. The maximum atomic E-state index is 5.75. The number of anilines is 1. The van der Waals surface area contributed by atoms with E-state index >= 15 is 0 Å². The fourth-order valence-corrected chi connectivity index (χ4v) is 2.26. The molecule has 0 aliphatic heterocycles. The van der Waals surface area contributed by atoms with Crippen LogP contribution in [-0.4, -0.2) is 0 Å². The van der Waals surface area contributed by atoms with Crippen LogP contribution in [0.1, 0.15) is 0 Å². The van der Waals surface area contributed by atoms with Gasteiger partial charge in [-0.2, -0.15) is 0 Å². The number of pyridine rings is 1. The Labute approximate surface area is 92.4 Å². The molecule has 1 heterocycles. The second-order valence-electron chi connectivity index (χ2n) is 2.71. The number of nitrogens with one attached hydrogen (secondary N) is 1. The molecular formula is C9H7Br2N2+. The van der Waals surface area contributed by atoms with Crippen molar-refractivity contribution in [2.45, 2.75) is 0 Å². The highest BCUT2D eigenvalue weighted by Gasteiger charge is 2.10. The van der Waals surface area contributed by atoms with Gasteiger partial charge in [0.05, 0.1) is 0 Å². The van der Waals surface area contributed by atoms with Gasteiger partial charge >= 0.3 is 0 Å². The molecule has 0 aliphatic rings. The van der Waals surface area contributed by atoms with Gasteiger partial charge in [-0.05, 0) is 37.9 Å². The quantitative estimate of drug-likeness (QED) is 0.747. The van der Waals surface area contributed by atoms with Crippen LogP contribution in [-0.2, 0) is 0 Å². The minimum absolute atomic E-state index is 0.630. The van der Waals surface area contributed by atoms with E-state index in [2.05, 4.69) is 36.8 Å². The molecule has 0 saturated heterocycles. The molecule has 3 N–H and O–H groups in total. The number of hydrogen-bond acceptors (Lipinski definition) is 1. The first-order valence-corrected chi connectivity index (χ1v) is 5.33. The summed E-state index contributed by atoms with van der Waals surface area (Å²) in [5.74, 6) is 0.630. The molecule has 2 rings (SSSR count). The Bertz CT molecular complexity index is 468. The van der Waals surface area contributed by atoms with Crippen LogP contribution < -0.4 is 10.7 Å². The van der Waals surface area contributed by atoms with Gasteiger partial charge in [0.1, 0.15) is 4.47 Å². The lowest BCUT2D eigenvalue weighted by Gasteiger charge is -2.00. The molecule has 66 valence electrons. The summed E-state index contributed by atoms with van der Waals surface area (Å²) in [6, 6.07) is 8.02. The van der Waals surface area contributed by atoms with Crippen LogP contribution in [0.2, 0.25) is 0 Å². The molecule has 0 saturated carbocycles. The van der Waals surface area contributed by atoms with Crippen LogP contribution in [0, 0.1) is 0 Å². The Hall–Kier alpha value is -0.610. The molecule has 1 aromatic heterocycles. The maximum absolute atomic E-state index is 5.75. The molecule has 0 aliphatic carbocycles. The standard InChI is InChI=1S/C9H6Br2N2/c10-7-5-3-1-2-4-6(5)8(11)13-9(7)12/h1-4H,(H2,12,13)/p+1. The van der Waals surface area contributed by atoms with Gasteiger partial charge in [-0.15, -0.1) is 0 Å². The number of nitrogens with two attached hydrogens (primary N) is 1. The van der Waals surface area contributed by atoms with Crippen LogP contribution in [0.4, 0.5) is 5.82 Å². The summed E-state index contributed by atoms with van der Waals surface area (Å²) in [4.78, 5) is 3.03. The fraction of sp³-hybridized carbons (Fsp3) is 0. The first-order chi connectivity index (χ1) is 6.20. The normalized spacial score (nSPS) is 10.6. The Balaban J connectivity index is 2.97. The number of halogens is 2. The molecule has 0 unspecified atom stereocenters. The number of aromatic amines is 1. The number of benzene rings is 1. The molecule has 1 aromatic carbocycles. The number of rotatable bonds is 0. The average Bonchev–Trinajstić information content (AvgIpc) is 2.15. The smallest absolute Gasteiger partial charge is 0.286 e. The highest BCUT2D eigenvalue weighted by atomic mass is 79.9. The second-order valence-corrected chi connectivity index (χ2v) is 4.30. The summed E-state index contributed by atoms with van der Waals surface area (Å²) in [7, 11) is 0. The molecular weight excluding hydrogens is 296 g/mol. The zero-order valence-electron chi connectivity index (χ0n) is 6.64. The number of hydrogen-bond donors (Lipinski definition) is 1. The molecule has 0 spiro atoms. The zero-order valence-corrected chi connectivity index (χ0v) is 9.81. The lowest BCUT2D eigenvalue weighted by molar-refractivity contribution is -0.373. The topological polar surface area (TPSA) is 40.2 Å². The molecule has 0 fully saturated rings. The Morgan fingerprint density at radius 1 is 1.08 bits per heavy atom. The summed E-state index contributed by atoms with van der Waals surface area (Å²) in [5, 5.41) is 2.22. The highest BCUT2D eigenvalue weighted by molar-refractivity contribution is 9.11. The number of aromatic nitrogens is 1. The van der Waals surface area contributed by atoms with Gasteiger partial charge < -0.3 is 0 Å². The minimum atomic E-state index is 0.630. The van der Waals surface area contributed by atoms with Gasteiger partial charge in [-0.3, -0.25) is 5.73 Å².